The predicted molar refractivity (Wildman–Crippen MR) is 63.3 cm³/mol. The maximum atomic E-state index is 11.8. The van der Waals surface area contributed by atoms with E-state index in [0.29, 0.717) is 12.0 Å². The molecule has 0 aromatic heterocycles. The fourth-order valence-corrected chi connectivity index (χ4v) is 1.36. The van der Waals surface area contributed by atoms with E-state index >= 15 is 0 Å². The van der Waals surface area contributed by atoms with Gasteiger partial charge in [0.15, 0.2) is 11.5 Å². The molecule has 0 bridgehead atoms. The zero-order chi connectivity index (χ0) is 12.8. The van der Waals surface area contributed by atoms with Crippen LogP contribution in [-0.4, -0.2) is 35.9 Å². The van der Waals surface area contributed by atoms with Crippen molar-refractivity contribution < 1.29 is 19.7 Å². The molecule has 0 radical (unpaired) electrons. The Morgan fingerprint density at radius 2 is 2.24 bits per heavy atom. The zero-order valence-corrected chi connectivity index (χ0v) is 9.93. The molecule has 1 atom stereocenters. The van der Waals surface area contributed by atoms with Gasteiger partial charge in [-0.1, -0.05) is 6.92 Å². The minimum Gasteiger partial charge on any atom is -0.504 e. The quantitative estimate of drug-likeness (QED) is 0.713. The third-order valence-corrected chi connectivity index (χ3v) is 2.49. The molecule has 0 aliphatic heterocycles. The van der Waals surface area contributed by atoms with E-state index in [0.717, 1.165) is 0 Å². The number of nitrogens with one attached hydrogen (secondary N) is 1. The van der Waals surface area contributed by atoms with Crippen LogP contribution in [-0.2, 0) is 0 Å². The number of phenolic OH excluding ortho intramolecular Hbond substituents is 1. The second-order valence-corrected chi connectivity index (χ2v) is 3.65. The van der Waals surface area contributed by atoms with Gasteiger partial charge in [0.25, 0.3) is 5.91 Å². The van der Waals surface area contributed by atoms with Gasteiger partial charge in [-0.3, -0.25) is 4.79 Å². The van der Waals surface area contributed by atoms with Crippen LogP contribution in [0.3, 0.4) is 0 Å². The van der Waals surface area contributed by atoms with Gasteiger partial charge in [0, 0.05) is 5.56 Å². The van der Waals surface area contributed by atoms with Crippen molar-refractivity contribution in [3.05, 3.63) is 23.8 Å². The minimum atomic E-state index is -0.302. The van der Waals surface area contributed by atoms with E-state index in [2.05, 4.69) is 5.32 Å². The second-order valence-electron chi connectivity index (χ2n) is 3.65. The van der Waals surface area contributed by atoms with Crippen LogP contribution in [0, 0.1) is 0 Å². The lowest BCUT2D eigenvalue weighted by atomic mass is 10.1. The smallest absolute Gasteiger partial charge is 0.251 e. The highest BCUT2D eigenvalue weighted by Gasteiger charge is 2.13. The number of hydrogen-bond donors (Lipinski definition) is 3. The molecule has 1 aromatic carbocycles. The first-order chi connectivity index (χ1) is 8.12. The van der Waals surface area contributed by atoms with Crippen LogP contribution >= 0.6 is 0 Å². The average molecular weight is 239 g/mol. The van der Waals surface area contributed by atoms with Gasteiger partial charge in [-0.05, 0) is 24.6 Å². The van der Waals surface area contributed by atoms with Crippen LogP contribution in [0.4, 0.5) is 0 Å². The fourth-order valence-electron chi connectivity index (χ4n) is 1.36. The maximum Gasteiger partial charge on any atom is 0.251 e. The van der Waals surface area contributed by atoms with Crippen LogP contribution < -0.4 is 10.1 Å². The SMILES string of the molecule is CCC(CO)NC(=O)c1ccc(O)c(OC)c1. The zero-order valence-electron chi connectivity index (χ0n) is 9.93. The Balaban J connectivity index is 2.82. The van der Waals surface area contributed by atoms with Crippen molar-refractivity contribution >= 4 is 5.91 Å². The van der Waals surface area contributed by atoms with E-state index in [1.165, 1.54) is 25.3 Å². The largest absolute Gasteiger partial charge is 0.504 e. The van der Waals surface area contributed by atoms with Gasteiger partial charge in [-0.2, -0.15) is 0 Å². The van der Waals surface area contributed by atoms with Gasteiger partial charge < -0.3 is 20.3 Å². The van der Waals surface area contributed by atoms with Crippen LogP contribution in [0.1, 0.15) is 23.7 Å². The van der Waals surface area contributed by atoms with E-state index < -0.39 is 0 Å². The molecule has 0 saturated carbocycles. The third-order valence-electron chi connectivity index (χ3n) is 2.49. The molecule has 5 heteroatoms. The maximum absolute atomic E-state index is 11.8. The molecule has 94 valence electrons. The molecular formula is C12H17NO4. The van der Waals surface area contributed by atoms with Gasteiger partial charge in [0.05, 0.1) is 19.8 Å². The average Bonchev–Trinajstić information content (AvgIpc) is 2.36. The Bertz CT molecular complexity index is 388. The summed E-state index contributed by atoms with van der Waals surface area (Å²) in [5.74, 6) is -0.0721. The predicted octanol–water partition coefficient (Wildman–Crippen LogP) is 0.902. The Kier molecular flexibility index (Phi) is 4.78. The van der Waals surface area contributed by atoms with Crippen molar-refractivity contribution in [2.24, 2.45) is 0 Å². The molecular weight excluding hydrogens is 222 g/mol. The van der Waals surface area contributed by atoms with Gasteiger partial charge in [0.2, 0.25) is 0 Å². The van der Waals surface area contributed by atoms with Crippen LogP contribution in [0.15, 0.2) is 18.2 Å². The monoisotopic (exact) mass is 239 g/mol. The summed E-state index contributed by atoms with van der Waals surface area (Å²) in [5, 5.41) is 21.1. The molecule has 3 N–H and O–H groups in total. The molecule has 0 spiro atoms. The first-order valence-electron chi connectivity index (χ1n) is 5.41. The Hall–Kier alpha value is -1.75. The molecule has 0 saturated heterocycles. The third kappa shape index (κ3) is 3.35. The number of amides is 1. The highest BCUT2D eigenvalue weighted by Crippen LogP contribution is 2.26. The van der Waals surface area contributed by atoms with Crippen molar-refractivity contribution in [2.75, 3.05) is 13.7 Å². The number of hydrogen-bond acceptors (Lipinski definition) is 4. The molecule has 1 amide bonds. The molecule has 0 aliphatic carbocycles. The standard InChI is InChI=1S/C12H17NO4/c1-3-9(7-14)13-12(16)8-4-5-10(15)11(6-8)17-2/h4-6,9,14-15H,3,7H2,1-2H3,(H,13,16). The van der Waals surface area contributed by atoms with Gasteiger partial charge >= 0.3 is 0 Å². The van der Waals surface area contributed by atoms with Gasteiger partial charge in [-0.15, -0.1) is 0 Å². The van der Waals surface area contributed by atoms with E-state index in [9.17, 15) is 9.90 Å². The number of phenols is 1. The summed E-state index contributed by atoms with van der Waals surface area (Å²) in [6.45, 7) is 1.77. The number of aliphatic hydroxyl groups is 1. The van der Waals surface area contributed by atoms with Crippen LogP contribution in [0.2, 0.25) is 0 Å². The number of ether oxygens (including phenoxy) is 1. The number of methoxy groups -OCH3 is 1. The van der Waals surface area contributed by atoms with Gasteiger partial charge in [0.1, 0.15) is 0 Å². The van der Waals surface area contributed by atoms with Crippen molar-refractivity contribution in [1.82, 2.24) is 5.32 Å². The lowest BCUT2D eigenvalue weighted by Crippen LogP contribution is -2.36. The lowest BCUT2D eigenvalue weighted by Gasteiger charge is -2.14. The summed E-state index contributed by atoms with van der Waals surface area (Å²) < 4.78 is 4.91. The number of carbonyl (C=O) groups excluding carboxylic acids is 1. The van der Waals surface area contributed by atoms with Crippen molar-refractivity contribution in [1.29, 1.82) is 0 Å². The van der Waals surface area contributed by atoms with Crippen molar-refractivity contribution in [3.8, 4) is 11.5 Å². The molecule has 0 aliphatic rings. The number of aromatic hydroxyl groups is 1. The Morgan fingerprint density at radius 1 is 1.53 bits per heavy atom. The van der Waals surface area contributed by atoms with Crippen LogP contribution in [0.5, 0.6) is 11.5 Å². The van der Waals surface area contributed by atoms with Crippen molar-refractivity contribution in [3.63, 3.8) is 0 Å². The first kappa shape index (κ1) is 13.3. The molecule has 1 aromatic rings. The second kappa shape index (κ2) is 6.10. The highest BCUT2D eigenvalue weighted by atomic mass is 16.5. The lowest BCUT2D eigenvalue weighted by molar-refractivity contribution is 0.0914. The number of carbonyl (C=O) groups is 1. The normalized spacial score (nSPS) is 11.9. The highest BCUT2D eigenvalue weighted by molar-refractivity contribution is 5.95. The minimum absolute atomic E-state index is 0.0155. The van der Waals surface area contributed by atoms with E-state index in [1.807, 2.05) is 6.92 Å². The summed E-state index contributed by atoms with van der Waals surface area (Å²) in [6, 6.07) is 4.09. The van der Waals surface area contributed by atoms with Crippen molar-refractivity contribution in [2.45, 2.75) is 19.4 Å². The molecule has 1 rings (SSSR count). The van der Waals surface area contributed by atoms with Gasteiger partial charge in [-0.25, -0.2) is 0 Å². The summed E-state index contributed by atoms with van der Waals surface area (Å²) in [6.07, 6.45) is 0.650. The summed E-state index contributed by atoms with van der Waals surface area (Å²) >= 11 is 0. The number of benzene rings is 1. The summed E-state index contributed by atoms with van der Waals surface area (Å²) in [5.41, 5.74) is 0.381. The molecule has 0 fully saturated rings. The topological polar surface area (TPSA) is 78.8 Å². The van der Waals surface area contributed by atoms with E-state index in [-0.39, 0.29) is 30.1 Å². The molecule has 0 heterocycles. The summed E-state index contributed by atoms with van der Waals surface area (Å²) in [7, 11) is 1.42. The Morgan fingerprint density at radius 3 is 2.76 bits per heavy atom. The Labute approximate surface area is 100 Å². The summed E-state index contributed by atoms with van der Waals surface area (Å²) in [4.78, 5) is 11.8. The van der Waals surface area contributed by atoms with E-state index in [1.54, 1.807) is 0 Å². The van der Waals surface area contributed by atoms with E-state index in [4.69, 9.17) is 9.84 Å². The van der Waals surface area contributed by atoms with Crippen LogP contribution in [0.25, 0.3) is 0 Å². The first-order valence-corrected chi connectivity index (χ1v) is 5.41. The fraction of sp³-hybridized carbons (Fsp3) is 0.417. The number of rotatable bonds is 5. The number of aliphatic hydroxyl groups excluding tert-OH is 1. The molecule has 17 heavy (non-hydrogen) atoms. The molecule has 1 unspecified atom stereocenters. The molecule has 5 nitrogen and oxygen atoms in total.